The molecule has 102 valence electrons. The fraction of sp³-hybridized carbons (Fsp3) is 0.538. The molecule has 1 aromatic rings. The second-order valence-electron chi connectivity index (χ2n) is 4.94. The minimum atomic E-state index is -0.440. The molecule has 1 fully saturated rings. The number of ether oxygens (including phenoxy) is 1. The second kappa shape index (κ2) is 5.22. The third-order valence-electron chi connectivity index (χ3n) is 3.65. The zero-order valence-corrected chi connectivity index (χ0v) is 12.5. The molecule has 0 atom stereocenters. The molecule has 0 N–H and O–H groups in total. The first kappa shape index (κ1) is 13.1. The van der Waals surface area contributed by atoms with Gasteiger partial charge in [0.1, 0.15) is 11.5 Å². The molecule has 0 radical (unpaired) electrons. The van der Waals surface area contributed by atoms with Crippen LogP contribution in [0.25, 0.3) is 0 Å². The molecule has 6 heteroatoms. The maximum Gasteiger partial charge on any atom is 0.265 e. The standard InChI is InChI=1S/C13H14FIN2O2/c14-8-5-11-13(16-6-8)19-7-12(18)17(11)10-3-1-9(15)2-4-10/h5-6,9-10H,1-4,7H2/t9-,10-. The van der Waals surface area contributed by atoms with Gasteiger partial charge in [0.25, 0.3) is 5.91 Å². The molecule has 1 aliphatic carbocycles. The van der Waals surface area contributed by atoms with Crippen LogP contribution in [0.15, 0.2) is 12.3 Å². The number of alkyl halides is 1. The Hall–Kier alpha value is -0.920. The lowest BCUT2D eigenvalue weighted by Gasteiger charge is -2.38. The number of hydrogen-bond donors (Lipinski definition) is 0. The second-order valence-corrected chi connectivity index (χ2v) is 6.70. The molecule has 2 heterocycles. The van der Waals surface area contributed by atoms with Crippen LogP contribution >= 0.6 is 22.6 Å². The number of aromatic nitrogens is 1. The monoisotopic (exact) mass is 376 g/mol. The Morgan fingerprint density at radius 1 is 1.37 bits per heavy atom. The molecule has 19 heavy (non-hydrogen) atoms. The molecule has 0 saturated heterocycles. The van der Waals surface area contributed by atoms with Crippen molar-refractivity contribution in [3.8, 4) is 5.88 Å². The van der Waals surface area contributed by atoms with Crippen molar-refractivity contribution in [3.05, 3.63) is 18.1 Å². The SMILES string of the molecule is O=C1COc2ncc(F)cc2N1[C@H]1CC[C@H](I)CC1. The van der Waals surface area contributed by atoms with E-state index < -0.39 is 5.82 Å². The molecule has 2 aliphatic rings. The van der Waals surface area contributed by atoms with Crippen LogP contribution in [-0.4, -0.2) is 27.5 Å². The summed E-state index contributed by atoms with van der Waals surface area (Å²) in [4.78, 5) is 17.7. The van der Waals surface area contributed by atoms with Gasteiger partial charge in [-0.05, 0) is 25.7 Å². The van der Waals surface area contributed by atoms with Gasteiger partial charge in [0.2, 0.25) is 5.88 Å². The van der Waals surface area contributed by atoms with Crippen LogP contribution in [0.5, 0.6) is 5.88 Å². The topological polar surface area (TPSA) is 42.4 Å². The van der Waals surface area contributed by atoms with E-state index in [2.05, 4.69) is 27.6 Å². The summed E-state index contributed by atoms with van der Waals surface area (Å²) in [6, 6.07) is 1.49. The third kappa shape index (κ3) is 2.54. The van der Waals surface area contributed by atoms with Crippen molar-refractivity contribution in [1.82, 2.24) is 4.98 Å². The van der Waals surface area contributed by atoms with Gasteiger partial charge >= 0.3 is 0 Å². The normalized spacial score (nSPS) is 26.8. The summed E-state index contributed by atoms with van der Waals surface area (Å²) in [5.74, 6) is -0.181. The quantitative estimate of drug-likeness (QED) is 0.559. The number of amides is 1. The van der Waals surface area contributed by atoms with Crippen LogP contribution in [0.4, 0.5) is 10.1 Å². The van der Waals surface area contributed by atoms with Gasteiger partial charge in [-0.25, -0.2) is 9.37 Å². The van der Waals surface area contributed by atoms with Crippen molar-refractivity contribution >= 4 is 34.2 Å². The van der Waals surface area contributed by atoms with Crippen molar-refractivity contribution < 1.29 is 13.9 Å². The first-order valence-electron chi connectivity index (χ1n) is 6.39. The van der Waals surface area contributed by atoms with Crippen molar-refractivity contribution in [1.29, 1.82) is 0 Å². The number of carbonyl (C=O) groups excluding carboxylic acids is 1. The number of hydrogen-bond acceptors (Lipinski definition) is 3. The van der Waals surface area contributed by atoms with Crippen LogP contribution in [0, 0.1) is 5.82 Å². The number of anilines is 1. The lowest BCUT2D eigenvalue weighted by molar-refractivity contribution is -0.122. The Bertz CT molecular complexity index is 503. The van der Waals surface area contributed by atoms with E-state index in [0.29, 0.717) is 15.5 Å². The molecule has 3 rings (SSSR count). The highest BCUT2D eigenvalue weighted by Gasteiger charge is 2.34. The van der Waals surface area contributed by atoms with Crippen molar-refractivity contribution in [2.24, 2.45) is 0 Å². The molecular weight excluding hydrogens is 362 g/mol. The van der Waals surface area contributed by atoms with Crippen molar-refractivity contribution in [2.75, 3.05) is 11.5 Å². The summed E-state index contributed by atoms with van der Waals surface area (Å²) >= 11 is 2.45. The van der Waals surface area contributed by atoms with Gasteiger partial charge in [-0.2, -0.15) is 0 Å². The number of halogens is 2. The van der Waals surface area contributed by atoms with Gasteiger partial charge in [0.05, 0.1) is 6.20 Å². The minimum absolute atomic E-state index is 0.00417. The van der Waals surface area contributed by atoms with Gasteiger partial charge in [-0.3, -0.25) is 4.79 Å². The number of fused-ring (bicyclic) bond motifs is 1. The molecular formula is C13H14FIN2O2. The lowest BCUT2D eigenvalue weighted by atomic mass is 9.93. The van der Waals surface area contributed by atoms with E-state index in [9.17, 15) is 9.18 Å². The Morgan fingerprint density at radius 3 is 2.84 bits per heavy atom. The fourth-order valence-electron chi connectivity index (χ4n) is 2.73. The third-order valence-corrected chi connectivity index (χ3v) is 4.90. The van der Waals surface area contributed by atoms with E-state index in [4.69, 9.17) is 4.74 Å². The summed E-state index contributed by atoms with van der Waals surface area (Å²) in [5, 5.41) is 0. The zero-order chi connectivity index (χ0) is 13.4. The van der Waals surface area contributed by atoms with Gasteiger partial charge in [-0.15, -0.1) is 0 Å². The Labute approximate surface area is 124 Å². The van der Waals surface area contributed by atoms with E-state index in [1.165, 1.54) is 6.07 Å². The molecule has 4 nitrogen and oxygen atoms in total. The average Bonchev–Trinajstić information content (AvgIpc) is 2.40. The maximum atomic E-state index is 13.4. The Kier molecular flexibility index (Phi) is 3.60. The molecule has 1 amide bonds. The van der Waals surface area contributed by atoms with Crippen molar-refractivity contribution in [2.45, 2.75) is 35.6 Å². The predicted molar refractivity (Wildman–Crippen MR) is 77.2 cm³/mol. The Morgan fingerprint density at radius 2 is 2.11 bits per heavy atom. The lowest BCUT2D eigenvalue weighted by Crippen LogP contribution is -2.47. The first-order valence-corrected chi connectivity index (χ1v) is 7.64. The molecule has 0 unspecified atom stereocenters. The summed E-state index contributed by atoms with van der Waals surface area (Å²) < 4.78 is 19.3. The molecule has 1 aliphatic heterocycles. The zero-order valence-electron chi connectivity index (χ0n) is 10.3. The number of pyridine rings is 1. The summed E-state index contributed by atoms with van der Waals surface area (Å²) in [6.07, 6.45) is 5.21. The summed E-state index contributed by atoms with van der Waals surface area (Å²) in [5.41, 5.74) is 0.480. The van der Waals surface area contributed by atoms with Gasteiger partial charge in [-0.1, -0.05) is 22.6 Å². The van der Waals surface area contributed by atoms with Gasteiger partial charge in [0.15, 0.2) is 6.61 Å². The van der Waals surface area contributed by atoms with E-state index >= 15 is 0 Å². The predicted octanol–water partition coefficient (Wildman–Crippen LogP) is 2.69. The van der Waals surface area contributed by atoms with E-state index in [1.54, 1.807) is 4.90 Å². The van der Waals surface area contributed by atoms with E-state index in [-0.39, 0.29) is 18.6 Å². The maximum absolute atomic E-state index is 13.4. The largest absolute Gasteiger partial charge is 0.466 e. The fourth-order valence-corrected chi connectivity index (χ4v) is 3.45. The van der Waals surface area contributed by atoms with Gasteiger partial charge in [0, 0.05) is 16.0 Å². The van der Waals surface area contributed by atoms with Crippen LogP contribution in [0.2, 0.25) is 0 Å². The number of carbonyl (C=O) groups is 1. The molecule has 0 spiro atoms. The highest BCUT2D eigenvalue weighted by Crippen LogP contribution is 2.36. The molecule has 1 aromatic heterocycles. The van der Waals surface area contributed by atoms with E-state index in [1.807, 2.05) is 0 Å². The highest BCUT2D eigenvalue weighted by atomic mass is 127. The smallest absolute Gasteiger partial charge is 0.265 e. The minimum Gasteiger partial charge on any atom is -0.466 e. The van der Waals surface area contributed by atoms with Crippen LogP contribution < -0.4 is 9.64 Å². The summed E-state index contributed by atoms with van der Waals surface area (Å²) in [7, 11) is 0. The molecule has 1 saturated carbocycles. The average molecular weight is 376 g/mol. The highest BCUT2D eigenvalue weighted by molar-refractivity contribution is 14.1. The van der Waals surface area contributed by atoms with Gasteiger partial charge < -0.3 is 9.64 Å². The van der Waals surface area contributed by atoms with Crippen LogP contribution in [0.3, 0.4) is 0 Å². The van der Waals surface area contributed by atoms with Crippen molar-refractivity contribution in [3.63, 3.8) is 0 Å². The number of rotatable bonds is 1. The Balaban J connectivity index is 1.92. The molecule has 0 aromatic carbocycles. The number of nitrogens with zero attached hydrogens (tertiary/aromatic N) is 2. The van der Waals surface area contributed by atoms with Crippen LogP contribution in [0.1, 0.15) is 25.7 Å². The van der Waals surface area contributed by atoms with E-state index in [0.717, 1.165) is 31.9 Å². The first-order chi connectivity index (χ1) is 9.15. The summed E-state index contributed by atoms with van der Waals surface area (Å²) in [6.45, 7) is -0.00417. The molecule has 0 bridgehead atoms. The van der Waals surface area contributed by atoms with Crippen LogP contribution in [-0.2, 0) is 4.79 Å².